The Morgan fingerprint density at radius 2 is 2.07 bits per heavy atom. The van der Waals surface area contributed by atoms with Crippen molar-refractivity contribution in [3.05, 3.63) is 35.9 Å². The van der Waals surface area contributed by atoms with Crippen molar-refractivity contribution < 1.29 is 9.90 Å². The lowest BCUT2D eigenvalue weighted by atomic mass is 9.86. The molecule has 3 nitrogen and oxygen atoms in total. The predicted molar refractivity (Wildman–Crippen MR) is 57.5 cm³/mol. The number of hydrogen-bond donors (Lipinski definition) is 2. The molecule has 1 heterocycles. The molecule has 0 spiro atoms. The van der Waals surface area contributed by atoms with Crippen molar-refractivity contribution in [2.75, 3.05) is 6.54 Å². The van der Waals surface area contributed by atoms with Gasteiger partial charge in [0.25, 0.3) is 0 Å². The Labute approximate surface area is 89.1 Å². The average molecular weight is 205 g/mol. The van der Waals surface area contributed by atoms with E-state index in [9.17, 15) is 4.79 Å². The SMILES string of the molecule is O=C(O)[C@H]1CCCN[C@H]1c1ccccc1. The van der Waals surface area contributed by atoms with Crippen LogP contribution in [0.2, 0.25) is 0 Å². The fourth-order valence-corrected chi connectivity index (χ4v) is 2.17. The van der Waals surface area contributed by atoms with E-state index in [1.807, 2.05) is 30.3 Å². The Morgan fingerprint density at radius 1 is 1.33 bits per heavy atom. The van der Waals surface area contributed by atoms with Crippen LogP contribution in [0.1, 0.15) is 24.4 Å². The lowest BCUT2D eigenvalue weighted by Gasteiger charge is -2.30. The minimum Gasteiger partial charge on any atom is -0.481 e. The topological polar surface area (TPSA) is 49.3 Å². The molecule has 0 amide bonds. The van der Waals surface area contributed by atoms with Crippen molar-refractivity contribution in [3.8, 4) is 0 Å². The minimum atomic E-state index is -0.698. The molecule has 15 heavy (non-hydrogen) atoms. The van der Waals surface area contributed by atoms with E-state index in [-0.39, 0.29) is 12.0 Å². The average Bonchev–Trinajstić information content (AvgIpc) is 2.30. The van der Waals surface area contributed by atoms with Crippen LogP contribution < -0.4 is 5.32 Å². The summed E-state index contributed by atoms with van der Waals surface area (Å²) >= 11 is 0. The second-order valence-corrected chi connectivity index (χ2v) is 3.93. The van der Waals surface area contributed by atoms with Gasteiger partial charge in [-0.15, -0.1) is 0 Å². The molecule has 1 aliphatic heterocycles. The smallest absolute Gasteiger partial charge is 0.308 e. The quantitative estimate of drug-likeness (QED) is 0.774. The second kappa shape index (κ2) is 4.45. The number of hydrogen-bond acceptors (Lipinski definition) is 2. The van der Waals surface area contributed by atoms with E-state index in [0.29, 0.717) is 0 Å². The molecule has 0 unspecified atom stereocenters. The first-order valence-corrected chi connectivity index (χ1v) is 5.30. The zero-order valence-corrected chi connectivity index (χ0v) is 8.52. The first kappa shape index (κ1) is 10.2. The number of nitrogens with one attached hydrogen (secondary N) is 1. The molecule has 0 radical (unpaired) electrons. The Kier molecular flexibility index (Phi) is 3.02. The van der Waals surface area contributed by atoms with Crippen molar-refractivity contribution in [2.24, 2.45) is 5.92 Å². The van der Waals surface area contributed by atoms with E-state index in [1.54, 1.807) is 0 Å². The lowest BCUT2D eigenvalue weighted by Crippen LogP contribution is -2.38. The summed E-state index contributed by atoms with van der Waals surface area (Å²) < 4.78 is 0. The summed E-state index contributed by atoms with van der Waals surface area (Å²) in [5, 5.41) is 12.4. The zero-order valence-electron chi connectivity index (χ0n) is 8.52. The van der Waals surface area contributed by atoms with Gasteiger partial charge in [-0.05, 0) is 24.9 Å². The summed E-state index contributed by atoms with van der Waals surface area (Å²) in [6, 6.07) is 9.78. The Hall–Kier alpha value is -1.35. The van der Waals surface area contributed by atoms with E-state index in [2.05, 4.69) is 5.32 Å². The molecule has 1 aliphatic rings. The van der Waals surface area contributed by atoms with Gasteiger partial charge in [0, 0.05) is 6.04 Å². The highest BCUT2D eigenvalue weighted by atomic mass is 16.4. The Balaban J connectivity index is 2.22. The molecule has 0 aliphatic carbocycles. The summed E-state index contributed by atoms with van der Waals surface area (Å²) in [6.07, 6.45) is 1.71. The third-order valence-electron chi connectivity index (χ3n) is 2.93. The fourth-order valence-electron chi connectivity index (χ4n) is 2.17. The van der Waals surface area contributed by atoms with E-state index in [1.165, 1.54) is 0 Å². The molecule has 1 aromatic carbocycles. The summed E-state index contributed by atoms with van der Waals surface area (Å²) in [5.74, 6) is -0.989. The number of carbonyl (C=O) groups is 1. The molecule has 3 heteroatoms. The highest BCUT2D eigenvalue weighted by molar-refractivity contribution is 5.71. The fraction of sp³-hybridized carbons (Fsp3) is 0.417. The monoisotopic (exact) mass is 205 g/mol. The van der Waals surface area contributed by atoms with Crippen LogP contribution >= 0.6 is 0 Å². The van der Waals surface area contributed by atoms with E-state index >= 15 is 0 Å². The van der Waals surface area contributed by atoms with Crippen LogP contribution in [0.4, 0.5) is 0 Å². The van der Waals surface area contributed by atoms with Gasteiger partial charge in [-0.25, -0.2) is 0 Å². The summed E-state index contributed by atoms with van der Waals surface area (Å²) in [4.78, 5) is 11.1. The maximum Gasteiger partial charge on any atom is 0.308 e. The van der Waals surface area contributed by atoms with Gasteiger partial charge in [-0.1, -0.05) is 30.3 Å². The van der Waals surface area contributed by atoms with Crippen molar-refractivity contribution in [3.63, 3.8) is 0 Å². The summed E-state index contributed by atoms with van der Waals surface area (Å²) in [6.45, 7) is 0.906. The third kappa shape index (κ3) is 2.18. The van der Waals surface area contributed by atoms with Crippen LogP contribution in [0.25, 0.3) is 0 Å². The minimum absolute atomic E-state index is 0.0301. The Morgan fingerprint density at radius 3 is 2.73 bits per heavy atom. The number of carboxylic acid groups (broad SMARTS) is 1. The van der Waals surface area contributed by atoms with Crippen LogP contribution in [0.5, 0.6) is 0 Å². The number of carboxylic acids is 1. The maximum atomic E-state index is 11.1. The number of aliphatic carboxylic acids is 1. The van der Waals surface area contributed by atoms with Gasteiger partial charge >= 0.3 is 5.97 Å². The molecule has 2 rings (SSSR count). The van der Waals surface area contributed by atoms with Crippen molar-refractivity contribution in [1.82, 2.24) is 5.32 Å². The number of piperidine rings is 1. The van der Waals surface area contributed by atoms with Gasteiger partial charge in [0.2, 0.25) is 0 Å². The maximum absolute atomic E-state index is 11.1. The van der Waals surface area contributed by atoms with Crippen LogP contribution in [0.15, 0.2) is 30.3 Å². The van der Waals surface area contributed by atoms with E-state index in [0.717, 1.165) is 24.9 Å². The molecule has 0 saturated carbocycles. The van der Waals surface area contributed by atoms with E-state index in [4.69, 9.17) is 5.11 Å². The molecule has 80 valence electrons. The van der Waals surface area contributed by atoms with Gasteiger partial charge < -0.3 is 10.4 Å². The standard InChI is InChI=1S/C12H15NO2/c14-12(15)10-7-4-8-13-11(10)9-5-2-1-3-6-9/h1-3,5-6,10-11,13H,4,7-8H2,(H,14,15)/t10-,11-/m0/s1. The van der Waals surface area contributed by atoms with Gasteiger partial charge in [0.1, 0.15) is 0 Å². The first-order valence-electron chi connectivity index (χ1n) is 5.30. The molecule has 2 atom stereocenters. The zero-order chi connectivity index (χ0) is 10.7. The molecule has 0 aromatic heterocycles. The Bertz CT molecular complexity index is 337. The highest BCUT2D eigenvalue weighted by Crippen LogP contribution is 2.29. The van der Waals surface area contributed by atoms with Crippen LogP contribution in [-0.4, -0.2) is 17.6 Å². The first-order chi connectivity index (χ1) is 7.29. The summed E-state index contributed by atoms with van der Waals surface area (Å²) in [7, 11) is 0. The van der Waals surface area contributed by atoms with Crippen LogP contribution in [0, 0.1) is 5.92 Å². The van der Waals surface area contributed by atoms with Gasteiger partial charge in [-0.2, -0.15) is 0 Å². The highest BCUT2D eigenvalue weighted by Gasteiger charge is 2.31. The van der Waals surface area contributed by atoms with E-state index < -0.39 is 5.97 Å². The molecule has 1 saturated heterocycles. The molecular weight excluding hydrogens is 190 g/mol. The molecular formula is C12H15NO2. The molecule has 1 fully saturated rings. The third-order valence-corrected chi connectivity index (χ3v) is 2.93. The van der Waals surface area contributed by atoms with Gasteiger partial charge in [-0.3, -0.25) is 4.79 Å². The number of rotatable bonds is 2. The van der Waals surface area contributed by atoms with Crippen molar-refractivity contribution in [1.29, 1.82) is 0 Å². The van der Waals surface area contributed by atoms with Crippen molar-refractivity contribution >= 4 is 5.97 Å². The predicted octanol–water partition coefficient (Wildman–Crippen LogP) is 1.81. The number of benzene rings is 1. The van der Waals surface area contributed by atoms with Crippen LogP contribution in [0.3, 0.4) is 0 Å². The molecule has 1 aromatic rings. The van der Waals surface area contributed by atoms with Crippen molar-refractivity contribution in [2.45, 2.75) is 18.9 Å². The second-order valence-electron chi connectivity index (χ2n) is 3.93. The lowest BCUT2D eigenvalue weighted by molar-refractivity contribution is -0.143. The van der Waals surface area contributed by atoms with Gasteiger partial charge in [0.05, 0.1) is 5.92 Å². The van der Waals surface area contributed by atoms with Gasteiger partial charge in [0.15, 0.2) is 0 Å². The molecule has 2 N–H and O–H groups in total. The normalized spacial score (nSPS) is 26.1. The van der Waals surface area contributed by atoms with Crippen LogP contribution in [-0.2, 0) is 4.79 Å². The molecule has 0 bridgehead atoms. The summed E-state index contributed by atoms with van der Waals surface area (Å²) in [5.41, 5.74) is 1.07. The largest absolute Gasteiger partial charge is 0.481 e.